The van der Waals surface area contributed by atoms with Gasteiger partial charge in [0.1, 0.15) is 0 Å². The van der Waals surface area contributed by atoms with Crippen LogP contribution in [0, 0.1) is 6.92 Å². The molecule has 6 nitrogen and oxygen atoms in total. The molecule has 0 spiro atoms. The molecule has 156 valence electrons. The fourth-order valence-corrected chi connectivity index (χ4v) is 3.11. The van der Waals surface area contributed by atoms with Crippen molar-refractivity contribution in [3.8, 4) is 11.5 Å². The largest absolute Gasteiger partial charge is 0.493 e. The minimum Gasteiger partial charge on any atom is -0.493 e. The van der Waals surface area contributed by atoms with Gasteiger partial charge in [0.05, 0.1) is 26.4 Å². The molecule has 29 heavy (non-hydrogen) atoms. The average molecular weight is 417 g/mol. The molecule has 0 saturated heterocycles. The highest BCUT2D eigenvalue weighted by atomic mass is 32.1. The van der Waals surface area contributed by atoms with E-state index in [1.807, 2.05) is 31.2 Å². The van der Waals surface area contributed by atoms with Gasteiger partial charge in [0.2, 0.25) is 0 Å². The van der Waals surface area contributed by atoms with Crippen molar-refractivity contribution in [1.29, 1.82) is 0 Å². The van der Waals surface area contributed by atoms with Gasteiger partial charge in [0, 0.05) is 12.2 Å². The summed E-state index contributed by atoms with van der Waals surface area (Å²) in [6.07, 6.45) is 1.78. The second-order valence-electron chi connectivity index (χ2n) is 6.37. The lowest BCUT2D eigenvalue weighted by molar-refractivity contribution is 0.0525. The van der Waals surface area contributed by atoms with E-state index in [2.05, 4.69) is 10.6 Å². The summed E-state index contributed by atoms with van der Waals surface area (Å²) in [5, 5.41) is 6.87. The highest BCUT2D eigenvalue weighted by Crippen LogP contribution is 2.27. The standard InChI is InChI=1S/C22H28N2O4S/c1-5-28-21(25)17-9-6-10-18(15(17)2)24-22(29)23-13-7-8-16-11-12-19(26-3)20(14-16)27-4/h6,9-12,14H,5,7-8,13H2,1-4H3,(H2,23,24,29). The van der Waals surface area contributed by atoms with Crippen LogP contribution in [0.15, 0.2) is 36.4 Å². The number of nitrogens with one attached hydrogen (secondary N) is 2. The number of hydrogen-bond acceptors (Lipinski definition) is 5. The van der Waals surface area contributed by atoms with Crippen LogP contribution in [-0.4, -0.2) is 38.5 Å². The zero-order valence-corrected chi connectivity index (χ0v) is 18.2. The Morgan fingerprint density at radius 3 is 2.55 bits per heavy atom. The van der Waals surface area contributed by atoms with Gasteiger partial charge in [-0.25, -0.2) is 4.79 Å². The lowest BCUT2D eigenvalue weighted by Gasteiger charge is -2.15. The predicted octanol–water partition coefficient (Wildman–Crippen LogP) is 4.11. The second kappa shape index (κ2) is 11.3. The zero-order chi connectivity index (χ0) is 21.2. The molecule has 0 fully saturated rings. The Labute approximate surface area is 177 Å². The number of ether oxygens (including phenoxy) is 3. The highest BCUT2D eigenvalue weighted by molar-refractivity contribution is 7.80. The Kier molecular flexibility index (Phi) is 8.73. The number of methoxy groups -OCH3 is 2. The number of aryl methyl sites for hydroxylation is 1. The number of benzene rings is 2. The third-order valence-electron chi connectivity index (χ3n) is 4.45. The van der Waals surface area contributed by atoms with Crippen LogP contribution in [0.4, 0.5) is 5.69 Å². The maximum absolute atomic E-state index is 12.0. The van der Waals surface area contributed by atoms with Gasteiger partial charge < -0.3 is 24.8 Å². The Bertz CT molecular complexity index is 855. The third kappa shape index (κ3) is 6.35. The van der Waals surface area contributed by atoms with Crippen molar-refractivity contribution in [2.24, 2.45) is 0 Å². The van der Waals surface area contributed by atoms with E-state index in [9.17, 15) is 4.79 Å². The molecule has 2 aromatic carbocycles. The first-order valence-corrected chi connectivity index (χ1v) is 9.93. The number of thiocarbonyl (C=S) groups is 1. The second-order valence-corrected chi connectivity index (χ2v) is 6.78. The van der Waals surface area contributed by atoms with E-state index in [4.69, 9.17) is 26.4 Å². The molecule has 2 rings (SSSR count). The first kappa shape index (κ1) is 22.5. The van der Waals surface area contributed by atoms with Gasteiger partial charge in [-0.15, -0.1) is 0 Å². The van der Waals surface area contributed by atoms with Gasteiger partial charge in [-0.05, 0) is 74.3 Å². The van der Waals surface area contributed by atoms with Crippen molar-refractivity contribution in [3.63, 3.8) is 0 Å². The molecule has 0 heterocycles. The minimum absolute atomic E-state index is 0.331. The molecule has 0 aromatic heterocycles. The maximum Gasteiger partial charge on any atom is 0.338 e. The van der Waals surface area contributed by atoms with E-state index in [0.29, 0.717) is 17.3 Å². The molecule has 7 heteroatoms. The van der Waals surface area contributed by atoms with Crippen molar-refractivity contribution in [3.05, 3.63) is 53.1 Å². The monoisotopic (exact) mass is 416 g/mol. The van der Waals surface area contributed by atoms with Crippen molar-refractivity contribution in [2.75, 3.05) is 32.7 Å². The summed E-state index contributed by atoms with van der Waals surface area (Å²) in [6.45, 7) is 4.72. The van der Waals surface area contributed by atoms with Crippen LogP contribution in [0.25, 0.3) is 0 Å². The summed E-state index contributed by atoms with van der Waals surface area (Å²) >= 11 is 5.38. The summed E-state index contributed by atoms with van der Waals surface area (Å²) in [5.41, 5.74) is 3.29. The molecule has 0 aliphatic carbocycles. The van der Waals surface area contributed by atoms with E-state index in [-0.39, 0.29) is 5.97 Å². The molecule has 0 radical (unpaired) electrons. The highest BCUT2D eigenvalue weighted by Gasteiger charge is 2.13. The molecule has 0 aliphatic heterocycles. The quantitative estimate of drug-likeness (QED) is 0.362. The van der Waals surface area contributed by atoms with Crippen molar-refractivity contribution < 1.29 is 19.0 Å². The SMILES string of the molecule is CCOC(=O)c1cccc(NC(=S)NCCCc2ccc(OC)c(OC)c2)c1C. The first-order chi connectivity index (χ1) is 14.0. The number of carbonyl (C=O) groups is 1. The van der Waals surface area contributed by atoms with E-state index >= 15 is 0 Å². The molecule has 0 atom stereocenters. The topological polar surface area (TPSA) is 68.8 Å². The van der Waals surface area contributed by atoms with Crippen molar-refractivity contribution >= 4 is 29.0 Å². The predicted molar refractivity (Wildman–Crippen MR) is 119 cm³/mol. The summed E-state index contributed by atoms with van der Waals surface area (Å²) < 4.78 is 15.7. The van der Waals surface area contributed by atoms with Gasteiger partial charge in [0.25, 0.3) is 0 Å². The lowest BCUT2D eigenvalue weighted by Crippen LogP contribution is -2.30. The Morgan fingerprint density at radius 1 is 1.10 bits per heavy atom. The number of carbonyl (C=O) groups excluding carboxylic acids is 1. The molecule has 0 bridgehead atoms. The first-order valence-electron chi connectivity index (χ1n) is 9.52. The molecule has 0 unspecified atom stereocenters. The summed E-state index contributed by atoms with van der Waals surface area (Å²) in [5.74, 6) is 1.12. The molecule has 0 aliphatic rings. The van der Waals surface area contributed by atoms with Crippen LogP contribution >= 0.6 is 12.2 Å². The molecule has 0 amide bonds. The minimum atomic E-state index is -0.331. The summed E-state index contributed by atoms with van der Waals surface area (Å²) in [7, 11) is 3.26. The van der Waals surface area contributed by atoms with Crippen LogP contribution in [-0.2, 0) is 11.2 Å². The van der Waals surface area contributed by atoms with Gasteiger partial charge >= 0.3 is 5.97 Å². The number of hydrogen-bond donors (Lipinski definition) is 2. The maximum atomic E-state index is 12.0. The van der Waals surface area contributed by atoms with Crippen molar-refractivity contribution in [2.45, 2.75) is 26.7 Å². The number of anilines is 1. The van der Waals surface area contributed by atoms with E-state index < -0.39 is 0 Å². The van der Waals surface area contributed by atoms with Crippen LogP contribution < -0.4 is 20.1 Å². The smallest absolute Gasteiger partial charge is 0.338 e. The van der Waals surface area contributed by atoms with Crippen LogP contribution in [0.3, 0.4) is 0 Å². The van der Waals surface area contributed by atoms with Gasteiger partial charge in [-0.2, -0.15) is 0 Å². The zero-order valence-electron chi connectivity index (χ0n) is 17.3. The molecular formula is C22H28N2O4S. The lowest BCUT2D eigenvalue weighted by atomic mass is 10.1. The van der Waals surface area contributed by atoms with Crippen LogP contribution in [0.2, 0.25) is 0 Å². The molecule has 2 aromatic rings. The van der Waals surface area contributed by atoms with E-state index in [0.717, 1.165) is 42.1 Å². The van der Waals surface area contributed by atoms with Crippen molar-refractivity contribution in [1.82, 2.24) is 5.32 Å². The Balaban J connectivity index is 1.85. The summed E-state index contributed by atoms with van der Waals surface area (Å²) in [6, 6.07) is 11.4. The van der Waals surface area contributed by atoms with E-state index in [1.165, 1.54) is 5.56 Å². The molecular weight excluding hydrogens is 388 g/mol. The van der Waals surface area contributed by atoms with Crippen LogP contribution in [0.1, 0.15) is 34.8 Å². The van der Waals surface area contributed by atoms with Gasteiger partial charge in [-0.3, -0.25) is 0 Å². The average Bonchev–Trinajstić information content (AvgIpc) is 2.72. The summed E-state index contributed by atoms with van der Waals surface area (Å²) in [4.78, 5) is 12.0. The fourth-order valence-electron chi connectivity index (χ4n) is 2.90. The third-order valence-corrected chi connectivity index (χ3v) is 4.70. The Hall–Kier alpha value is -2.80. The van der Waals surface area contributed by atoms with Gasteiger partial charge in [0.15, 0.2) is 16.6 Å². The normalized spacial score (nSPS) is 10.2. The van der Waals surface area contributed by atoms with Gasteiger partial charge in [-0.1, -0.05) is 12.1 Å². The fraction of sp³-hybridized carbons (Fsp3) is 0.364. The van der Waals surface area contributed by atoms with Crippen LogP contribution in [0.5, 0.6) is 11.5 Å². The Morgan fingerprint density at radius 2 is 1.86 bits per heavy atom. The number of esters is 1. The molecule has 0 saturated carbocycles. The van der Waals surface area contributed by atoms with E-state index in [1.54, 1.807) is 33.3 Å². The number of rotatable bonds is 9. The molecule has 2 N–H and O–H groups in total.